The monoisotopic (exact) mass is 241 g/mol. The first-order chi connectivity index (χ1) is 8.70. The van der Waals surface area contributed by atoms with Crippen molar-refractivity contribution in [2.24, 2.45) is 5.11 Å². The smallest absolute Gasteiger partial charge is 0.336 e. The van der Waals surface area contributed by atoms with Crippen molar-refractivity contribution in [3.63, 3.8) is 0 Å². The molecule has 88 valence electrons. The molecule has 0 N–H and O–H groups in total. The van der Waals surface area contributed by atoms with Crippen molar-refractivity contribution in [2.45, 2.75) is 6.92 Å². The van der Waals surface area contributed by atoms with Crippen LogP contribution in [0.5, 0.6) is 0 Å². The SMILES string of the molecule is Cc1cc(=O)oc2c1cc(N=[N+]=[N-])c1occc12. The minimum Gasteiger partial charge on any atom is -0.464 e. The van der Waals surface area contributed by atoms with Crippen LogP contribution in [-0.4, -0.2) is 0 Å². The maximum absolute atomic E-state index is 11.4. The van der Waals surface area contributed by atoms with E-state index in [1.54, 1.807) is 19.1 Å². The molecule has 0 unspecified atom stereocenters. The summed E-state index contributed by atoms with van der Waals surface area (Å²) in [5.74, 6) is 0. The Bertz CT molecular complexity index is 869. The third kappa shape index (κ3) is 1.37. The second kappa shape index (κ2) is 3.65. The van der Waals surface area contributed by atoms with Crippen LogP contribution in [0.3, 0.4) is 0 Å². The van der Waals surface area contributed by atoms with Gasteiger partial charge in [0, 0.05) is 16.4 Å². The molecular formula is C12H7N3O3. The van der Waals surface area contributed by atoms with Crippen LogP contribution >= 0.6 is 0 Å². The lowest BCUT2D eigenvalue weighted by atomic mass is 10.1. The molecule has 0 saturated carbocycles. The van der Waals surface area contributed by atoms with Crippen LogP contribution in [0.15, 0.2) is 43.2 Å². The Morgan fingerprint density at radius 1 is 1.28 bits per heavy atom. The number of hydrogen-bond acceptors (Lipinski definition) is 4. The first kappa shape index (κ1) is 10.4. The highest BCUT2D eigenvalue weighted by Gasteiger charge is 2.12. The summed E-state index contributed by atoms with van der Waals surface area (Å²) in [7, 11) is 0. The average Bonchev–Trinajstić information content (AvgIpc) is 2.80. The van der Waals surface area contributed by atoms with Crippen molar-refractivity contribution in [1.82, 2.24) is 0 Å². The van der Waals surface area contributed by atoms with Gasteiger partial charge in [-0.05, 0) is 30.2 Å². The average molecular weight is 241 g/mol. The molecule has 18 heavy (non-hydrogen) atoms. The van der Waals surface area contributed by atoms with Gasteiger partial charge < -0.3 is 8.83 Å². The molecule has 0 aliphatic carbocycles. The molecule has 0 radical (unpaired) electrons. The Balaban J connectivity index is 2.63. The maximum Gasteiger partial charge on any atom is 0.336 e. The Hall–Kier alpha value is -2.72. The molecule has 0 atom stereocenters. The van der Waals surface area contributed by atoms with Crippen LogP contribution in [0.1, 0.15) is 5.56 Å². The summed E-state index contributed by atoms with van der Waals surface area (Å²) in [6, 6.07) is 4.73. The number of benzene rings is 1. The van der Waals surface area contributed by atoms with Crippen LogP contribution in [0.2, 0.25) is 0 Å². The predicted octanol–water partition coefficient (Wildman–Crippen LogP) is 3.79. The molecule has 0 fully saturated rings. The first-order valence-electron chi connectivity index (χ1n) is 5.20. The first-order valence-corrected chi connectivity index (χ1v) is 5.20. The third-order valence-electron chi connectivity index (χ3n) is 2.78. The quantitative estimate of drug-likeness (QED) is 0.281. The van der Waals surface area contributed by atoms with Crippen molar-refractivity contribution < 1.29 is 8.83 Å². The fraction of sp³-hybridized carbons (Fsp3) is 0.0833. The summed E-state index contributed by atoms with van der Waals surface area (Å²) in [4.78, 5) is 14.2. The third-order valence-corrected chi connectivity index (χ3v) is 2.78. The van der Waals surface area contributed by atoms with E-state index in [1.165, 1.54) is 12.3 Å². The van der Waals surface area contributed by atoms with Gasteiger partial charge in [0.15, 0.2) is 0 Å². The summed E-state index contributed by atoms with van der Waals surface area (Å²) in [5.41, 5.74) is 10.1. The van der Waals surface area contributed by atoms with Gasteiger partial charge in [-0.25, -0.2) is 4.79 Å². The van der Waals surface area contributed by atoms with Crippen LogP contribution in [0.4, 0.5) is 5.69 Å². The van der Waals surface area contributed by atoms with Crippen LogP contribution in [0.25, 0.3) is 32.4 Å². The lowest BCUT2D eigenvalue weighted by Crippen LogP contribution is -1.97. The fourth-order valence-corrected chi connectivity index (χ4v) is 2.01. The van der Waals surface area contributed by atoms with Gasteiger partial charge in [-0.1, -0.05) is 5.11 Å². The summed E-state index contributed by atoms with van der Waals surface area (Å²) >= 11 is 0. The fourth-order valence-electron chi connectivity index (χ4n) is 2.01. The molecule has 2 aromatic heterocycles. The zero-order valence-electron chi connectivity index (χ0n) is 9.38. The molecule has 0 aliphatic rings. The van der Waals surface area contributed by atoms with Crippen molar-refractivity contribution >= 4 is 27.6 Å². The summed E-state index contributed by atoms with van der Waals surface area (Å²) in [6.45, 7) is 1.80. The minimum atomic E-state index is -0.418. The summed E-state index contributed by atoms with van der Waals surface area (Å²) < 4.78 is 10.5. The van der Waals surface area contributed by atoms with Crippen molar-refractivity contribution in [2.75, 3.05) is 0 Å². The lowest BCUT2D eigenvalue weighted by molar-refractivity contribution is 0.562. The van der Waals surface area contributed by atoms with E-state index in [9.17, 15) is 4.79 Å². The number of azide groups is 1. The number of hydrogen-bond donors (Lipinski definition) is 0. The van der Waals surface area contributed by atoms with E-state index >= 15 is 0 Å². The standard InChI is InChI=1S/C12H7N3O3/c1-6-4-10(16)18-11-7-2-3-17-12(7)9(14-15-13)5-8(6)11/h2-5H,1H3. The highest BCUT2D eigenvalue weighted by atomic mass is 16.4. The summed E-state index contributed by atoms with van der Waals surface area (Å²) in [5, 5.41) is 4.94. The number of nitrogens with zero attached hydrogens (tertiary/aromatic N) is 3. The lowest BCUT2D eigenvalue weighted by Gasteiger charge is -2.03. The summed E-state index contributed by atoms with van der Waals surface area (Å²) in [6.07, 6.45) is 1.46. The van der Waals surface area contributed by atoms with Crippen molar-refractivity contribution in [3.8, 4) is 0 Å². The Kier molecular flexibility index (Phi) is 2.11. The molecule has 0 amide bonds. The highest BCUT2D eigenvalue weighted by Crippen LogP contribution is 2.35. The van der Waals surface area contributed by atoms with Gasteiger partial charge in [-0.2, -0.15) is 0 Å². The van der Waals surface area contributed by atoms with E-state index in [4.69, 9.17) is 14.4 Å². The minimum absolute atomic E-state index is 0.377. The molecule has 0 aliphatic heterocycles. The van der Waals surface area contributed by atoms with Crippen LogP contribution in [-0.2, 0) is 0 Å². The zero-order chi connectivity index (χ0) is 12.7. The van der Waals surface area contributed by atoms with Gasteiger partial charge in [0.05, 0.1) is 17.3 Å². The van der Waals surface area contributed by atoms with Gasteiger partial charge in [-0.3, -0.25) is 0 Å². The Morgan fingerprint density at radius 2 is 2.11 bits per heavy atom. The normalized spacial score (nSPS) is 10.7. The second-order valence-electron chi connectivity index (χ2n) is 3.87. The van der Waals surface area contributed by atoms with E-state index in [2.05, 4.69) is 10.0 Å². The maximum atomic E-state index is 11.4. The van der Waals surface area contributed by atoms with E-state index in [0.29, 0.717) is 22.2 Å². The number of furan rings is 1. The van der Waals surface area contributed by atoms with E-state index < -0.39 is 5.63 Å². The molecule has 3 aromatic rings. The van der Waals surface area contributed by atoms with Gasteiger partial charge in [0.25, 0.3) is 0 Å². The number of aryl methyl sites for hydroxylation is 1. The van der Waals surface area contributed by atoms with Crippen LogP contribution < -0.4 is 5.63 Å². The molecule has 1 aromatic carbocycles. The molecule has 6 nitrogen and oxygen atoms in total. The van der Waals surface area contributed by atoms with Gasteiger partial charge in [0.1, 0.15) is 11.2 Å². The molecule has 6 heteroatoms. The van der Waals surface area contributed by atoms with Gasteiger partial charge in [-0.15, -0.1) is 0 Å². The predicted molar refractivity (Wildman–Crippen MR) is 65.8 cm³/mol. The zero-order valence-corrected chi connectivity index (χ0v) is 9.38. The second-order valence-corrected chi connectivity index (χ2v) is 3.87. The molecule has 3 rings (SSSR count). The van der Waals surface area contributed by atoms with Crippen molar-refractivity contribution in [1.29, 1.82) is 0 Å². The Labute approximate surface area is 100 Å². The molecule has 0 spiro atoms. The number of fused-ring (bicyclic) bond motifs is 3. The molecule has 0 bridgehead atoms. The highest BCUT2D eigenvalue weighted by molar-refractivity contribution is 6.07. The molecule has 0 saturated heterocycles. The number of rotatable bonds is 1. The van der Waals surface area contributed by atoms with E-state index in [0.717, 1.165) is 10.9 Å². The topological polar surface area (TPSA) is 92.1 Å². The Morgan fingerprint density at radius 3 is 2.89 bits per heavy atom. The molecular weight excluding hydrogens is 234 g/mol. The van der Waals surface area contributed by atoms with E-state index in [1.807, 2.05) is 0 Å². The van der Waals surface area contributed by atoms with Crippen molar-refractivity contribution in [3.05, 3.63) is 50.9 Å². The van der Waals surface area contributed by atoms with E-state index in [-0.39, 0.29) is 0 Å². The van der Waals surface area contributed by atoms with Gasteiger partial charge in [0.2, 0.25) is 0 Å². The molecule has 2 heterocycles. The van der Waals surface area contributed by atoms with Gasteiger partial charge >= 0.3 is 5.63 Å². The largest absolute Gasteiger partial charge is 0.464 e. The van der Waals surface area contributed by atoms with Crippen LogP contribution in [0, 0.1) is 6.92 Å².